The van der Waals surface area contributed by atoms with Gasteiger partial charge in [-0.1, -0.05) is 41.8 Å². The molecule has 0 spiro atoms. The third-order valence-corrected chi connectivity index (χ3v) is 3.36. The van der Waals surface area contributed by atoms with Crippen LogP contribution in [0.5, 0.6) is 0 Å². The summed E-state index contributed by atoms with van der Waals surface area (Å²) in [6.45, 7) is 1.84. The van der Waals surface area contributed by atoms with Crippen molar-refractivity contribution in [2.24, 2.45) is 0 Å². The van der Waals surface area contributed by atoms with Crippen LogP contribution >= 0.6 is 11.8 Å². The van der Waals surface area contributed by atoms with Crippen molar-refractivity contribution in [3.05, 3.63) is 53.3 Å². The fourth-order valence-corrected chi connectivity index (χ4v) is 2.29. The standard InChI is InChI=1S/C15H14N2OS/c1-12-9-16-15(17-10-12)19-11-14-6-3-2-5-13(14)7-4-8-18/h2-3,5-6,9-10,18H,8,11H2,1H3. The van der Waals surface area contributed by atoms with Crippen molar-refractivity contribution in [3.63, 3.8) is 0 Å². The molecule has 2 rings (SSSR count). The van der Waals surface area contributed by atoms with Gasteiger partial charge in [0.15, 0.2) is 5.16 Å². The van der Waals surface area contributed by atoms with Crippen LogP contribution in [0.4, 0.5) is 0 Å². The van der Waals surface area contributed by atoms with E-state index in [1.54, 1.807) is 11.8 Å². The maximum atomic E-state index is 8.75. The SMILES string of the molecule is Cc1cnc(SCc2ccccc2C#CCO)nc1. The molecule has 19 heavy (non-hydrogen) atoms. The number of rotatable bonds is 3. The van der Waals surface area contributed by atoms with E-state index in [4.69, 9.17) is 5.11 Å². The summed E-state index contributed by atoms with van der Waals surface area (Å²) in [6, 6.07) is 7.91. The number of aliphatic hydroxyl groups excluding tert-OH is 1. The molecule has 1 N–H and O–H groups in total. The summed E-state index contributed by atoms with van der Waals surface area (Å²) in [5.41, 5.74) is 3.12. The first-order chi connectivity index (χ1) is 9.29. The molecule has 0 fully saturated rings. The number of aromatic nitrogens is 2. The maximum Gasteiger partial charge on any atom is 0.187 e. The van der Waals surface area contributed by atoms with Gasteiger partial charge < -0.3 is 5.11 Å². The van der Waals surface area contributed by atoms with Gasteiger partial charge >= 0.3 is 0 Å². The van der Waals surface area contributed by atoms with Gasteiger partial charge in [-0.2, -0.15) is 0 Å². The van der Waals surface area contributed by atoms with Gasteiger partial charge in [-0.3, -0.25) is 0 Å². The third kappa shape index (κ3) is 4.09. The summed E-state index contributed by atoms with van der Waals surface area (Å²) in [5.74, 6) is 6.39. The van der Waals surface area contributed by atoms with Crippen molar-refractivity contribution in [2.45, 2.75) is 17.8 Å². The Morgan fingerprint density at radius 1 is 1.21 bits per heavy atom. The number of benzene rings is 1. The Hall–Kier alpha value is -1.83. The molecule has 0 saturated carbocycles. The number of hydrogen-bond donors (Lipinski definition) is 1. The van der Waals surface area contributed by atoms with Crippen molar-refractivity contribution < 1.29 is 5.11 Å². The molecule has 0 bridgehead atoms. The predicted octanol–water partition coefficient (Wildman–Crippen LogP) is 2.42. The Bertz CT molecular complexity index is 600. The minimum absolute atomic E-state index is 0.122. The fraction of sp³-hybridized carbons (Fsp3) is 0.200. The highest BCUT2D eigenvalue weighted by Gasteiger charge is 2.02. The molecule has 0 amide bonds. The number of hydrogen-bond acceptors (Lipinski definition) is 4. The zero-order valence-electron chi connectivity index (χ0n) is 10.6. The summed E-state index contributed by atoms with van der Waals surface area (Å²) in [5, 5.41) is 9.51. The summed E-state index contributed by atoms with van der Waals surface area (Å²) in [7, 11) is 0. The Morgan fingerprint density at radius 3 is 2.68 bits per heavy atom. The summed E-state index contributed by atoms with van der Waals surface area (Å²) in [4.78, 5) is 8.52. The third-order valence-electron chi connectivity index (χ3n) is 2.43. The first kappa shape index (κ1) is 13.6. The average Bonchev–Trinajstić information content (AvgIpc) is 2.45. The van der Waals surface area contributed by atoms with Crippen LogP contribution in [-0.2, 0) is 5.75 Å². The molecule has 3 nitrogen and oxygen atoms in total. The van der Waals surface area contributed by atoms with Crippen molar-refractivity contribution in [1.82, 2.24) is 9.97 Å². The van der Waals surface area contributed by atoms with E-state index < -0.39 is 0 Å². The van der Waals surface area contributed by atoms with E-state index in [0.717, 1.165) is 27.6 Å². The van der Waals surface area contributed by atoms with Crippen molar-refractivity contribution in [3.8, 4) is 11.8 Å². The molecule has 2 aromatic rings. The van der Waals surface area contributed by atoms with Crippen LogP contribution in [0.1, 0.15) is 16.7 Å². The van der Waals surface area contributed by atoms with Crippen molar-refractivity contribution in [1.29, 1.82) is 0 Å². The predicted molar refractivity (Wildman–Crippen MR) is 76.7 cm³/mol. The zero-order chi connectivity index (χ0) is 13.5. The van der Waals surface area contributed by atoms with E-state index in [1.165, 1.54) is 0 Å². The Labute approximate surface area is 117 Å². The summed E-state index contributed by atoms with van der Waals surface area (Å²) in [6.07, 6.45) is 3.62. The molecule has 0 aliphatic rings. The topological polar surface area (TPSA) is 46.0 Å². The smallest absolute Gasteiger partial charge is 0.187 e. The van der Waals surface area contributed by atoms with Crippen LogP contribution in [0.2, 0.25) is 0 Å². The number of aliphatic hydroxyl groups is 1. The molecule has 0 aliphatic carbocycles. The lowest BCUT2D eigenvalue weighted by atomic mass is 10.1. The number of thioether (sulfide) groups is 1. The average molecular weight is 270 g/mol. The molecule has 0 saturated heterocycles. The highest BCUT2D eigenvalue weighted by Crippen LogP contribution is 2.20. The van der Waals surface area contributed by atoms with Gasteiger partial charge in [0.2, 0.25) is 0 Å². The van der Waals surface area contributed by atoms with Gasteiger partial charge in [0.05, 0.1) is 0 Å². The van der Waals surface area contributed by atoms with Gasteiger partial charge in [-0.05, 0) is 24.1 Å². The van der Waals surface area contributed by atoms with E-state index >= 15 is 0 Å². The largest absolute Gasteiger partial charge is 0.384 e. The molecule has 1 aromatic carbocycles. The highest BCUT2D eigenvalue weighted by molar-refractivity contribution is 7.98. The van der Waals surface area contributed by atoms with E-state index in [2.05, 4.69) is 21.8 Å². The molecule has 0 aliphatic heterocycles. The number of aryl methyl sites for hydroxylation is 1. The Kier molecular flexibility index (Phi) is 4.96. The lowest BCUT2D eigenvalue weighted by Gasteiger charge is -2.03. The minimum atomic E-state index is -0.122. The van der Waals surface area contributed by atoms with Gasteiger partial charge in [0.1, 0.15) is 6.61 Å². The lowest BCUT2D eigenvalue weighted by Crippen LogP contribution is -1.91. The summed E-state index contributed by atoms with van der Waals surface area (Å²) >= 11 is 1.58. The Morgan fingerprint density at radius 2 is 1.95 bits per heavy atom. The molecular formula is C15H14N2OS. The zero-order valence-corrected chi connectivity index (χ0v) is 11.4. The first-order valence-electron chi connectivity index (χ1n) is 5.88. The molecule has 4 heteroatoms. The monoisotopic (exact) mass is 270 g/mol. The summed E-state index contributed by atoms with van der Waals surface area (Å²) < 4.78 is 0. The van der Waals surface area contributed by atoms with Crippen molar-refractivity contribution in [2.75, 3.05) is 6.61 Å². The molecule has 0 unspecified atom stereocenters. The second-order valence-electron chi connectivity index (χ2n) is 3.95. The maximum absolute atomic E-state index is 8.75. The molecular weight excluding hydrogens is 256 g/mol. The lowest BCUT2D eigenvalue weighted by molar-refractivity contribution is 0.350. The Balaban J connectivity index is 2.09. The van der Waals surface area contributed by atoms with Gasteiger partial charge in [-0.25, -0.2) is 9.97 Å². The second-order valence-corrected chi connectivity index (χ2v) is 4.89. The van der Waals surface area contributed by atoms with Crippen molar-refractivity contribution >= 4 is 11.8 Å². The normalized spacial score (nSPS) is 9.79. The first-order valence-corrected chi connectivity index (χ1v) is 6.87. The van der Waals surface area contributed by atoms with Gasteiger partial charge in [-0.15, -0.1) is 0 Å². The minimum Gasteiger partial charge on any atom is -0.384 e. The molecule has 1 heterocycles. The van der Waals surface area contributed by atoms with E-state index in [1.807, 2.05) is 43.6 Å². The van der Waals surface area contributed by atoms with Crippen LogP contribution in [0.15, 0.2) is 41.8 Å². The van der Waals surface area contributed by atoms with E-state index in [0.29, 0.717) is 0 Å². The van der Waals surface area contributed by atoms with Crippen LogP contribution < -0.4 is 0 Å². The van der Waals surface area contributed by atoms with Gasteiger partial charge in [0, 0.05) is 23.7 Å². The molecule has 1 aromatic heterocycles. The van der Waals surface area contributed by atoms with Crippen LogP contribution in [0, 0.1) is 18.8 Å². The molecule has 0 atom stereocenters. The molecule has 96 valence electrons. The van der Waals surface area contributed by atoms with Gasteiger partial charge in [0.25, 0.3) is 0 Å². The highest BCUT2D eigenvalue weighted by atomic mass is 32.2. The van der Waals surface area contributed by atoms with Crippen LogP contribution in [-0.4, -0.2) is 21.7 Å². The fourth-order valence-electron chi connectivity index (χ4n) is 1.50. The van der Waals surface area contributed by atoms with Crippen LogP contribution in [0.3, 0.4) is 0 Å². The molecule has 0 radical (unpaired) electrons. The number of nitrogens with zero attached hydrogens (tertiary/aromatic N) is 2. The van der Waals surface area contributed by atoms with E-state index in [-0.39, 0.29) is 6.61 Å². The quantitative estimate of drug-likeness (QED) is 0.528. The van der Waals surface area contributed by atoms with Crippen LogP contribution in [0.25, 0.3) is 0 Å². The van der Waals surface area contributed by atoms with E-state index in [9.17, 15) is 0 Å². The second kappa shape index (κ2) is 6.93.